The Balaban J connectivity index is 2.97. The van der Waals surface area contributed by atoms with E-state index < -0.39 is 0 Å². The maximum absolute atomic E-state index is 13.4. The van der Waals surface area contributed by atoms with Gasteiger partial charge in [-0.25, -0.2) is 4.39 Å². The van der Waals surface area contributed by atoms with Crippen molar-refractivity contribution >= 4 is 10.9 Å². The van der Waals surface area contributed by atoms with Crippen LogP contribution in [0.4, 0.5) is 4.39 Å². The minimum absolute atomic E-state index is 0.114. The molecule has 0 saturated carbocycles. The monoisotopic (exact) mass is 163 g/mol. The van der Waals surface area contributed by atoms with Crippen LogP contribution in [-0.4, -0.2) is 4.98 Å². The lowest BCUT2D eigenvalue weighted by Gasteiger charge is -2.01. The highest BCUT2D eigenvalue weighted by Crippen LogP contribution is 2.22. The van der Waals surface area contributed by atoms with Crippen molar-refractivity contribution in [3.8, 4) is 0 Å². The van der Waals surface area contributed by atoms with Crippen LogP contribution in [0.3, 0.4) is 0 Å². The largest absolute Gasteiger partial charge is 0.361 e. The molecule has 1 heterocycles. The highest BCUT2D eigenvalue weighted by Gasteiger charge is 2.06. The molecular formula is C10H10FN. The van der Waals surface area contributed by atoms with Gasteiger partial charge in [0.25, 0.3) is 0 Å². The van der Waals surface area contributed by atoms with E-state index in [1.807, 2.05) is 13.0 Å². The average Bonchev–Trinajstić information content (AvgIpc) is 2.48. The van der Waals surface area contributed by atoms with Crippen molar-refractivity contribution in [1.29, 1.82) is 0 Å². The number of nitrogens with one attached hydrogen (secondary N) is 1. The molecule has 0 aliphatic rings. The zero-order chi connectivity index (χ0) is 8.72. The summed E-state index contributed by atoms with van der Waals surface area (Å²) in [5.74, 6) is -0.114. The first-order chi connectivity index (χ1) is 5.70. The summed E-state index contributed by atoms with van der Waals surface area (Å²) < 4.78 is 13.4. The van der Waals surface area contributed by atoms with Gasteiger partial charge in [-0.05, 0) is 31.0 Å². The fraction of sp³-hybridized carbons (Fsp3) is 0.200. The van der Waals surface area contributed by atoms with E-state index in [4.69, 9.17) is 0 Å². The number of halogens is 1. The molecule has 0 fully saturated rings. The topological polar surface area (TPSA) is 15.8 Å². The standard InChI is InChI=1S/C10H10FN/c1-6-5-7(2)10-8(9(6)11)3-4-12-10/h3-5,12H,1-2H3. The van der Waals surface area contributed by atoms with Gasteiger partial charge in [-0.2, -0.15) is 0 Å². The molecule has 2 heteroatoms. The third kappa shape index (κ3) is 0.843. The fourth-order valence-corrected chi connectivity index (χ4v) is 1.55. The van der Waals surface area contributed by atoms with Crippen molar-refractivity contribution in [1.82, 2.24) is 4.98 Å². The molecule has 2 rings (SSSR count). The van der Waals surface area contributed by atoms with E-state index in [2.05, 4.69) is 4.98 Å². The second kappa shape index (κ2) is 2.34. The lowest BCUT2D eigenvalue weighted by molar-refractivity contribution is 0.630. The minimum Gasteiger partial charge on any atom is -0.361 e. The first kappa shape index (κ1) is 7.35. The molecule has 0 saturated heterocycles. The number of H-pyrrole nitrogens is 1. The van der Waals surface area contributed by atoms with Crippen molar-refractivity contribution in [3.05, 3.63) is 35.3 Å². The summed E-state index contributed by atoms with van der Waals surface area (Å²) in [6, 6.07) is 3.62. The zero-order valence-electron chi connectivity index (χ0n) is 7.11. The van der Waals surface area contributed by atoms with Gasteiger partial charge in [0.15, 0.2) is 0 Å². The van der Waals surface area contributed by atoms with Crippen LogP contribution in [0, 0.1) is 19.7 Å². The number of aryl methyl sites for hydroxylation is 2. The summed E-state index contributed by atoms with van der Waals surface area (Å²) in [5.41, 5.74) is 2.70. The predicted octanol–water partition coefficient (Wildman–Crippen LogP) is 2.92. The molecule has 0 amide bonds. The molecule has 0 bridgehead atoms. The second-order valence-electron chi connectivity index (χ2n) is 3.09. The Morgan fingerprint density at radius 3 is 2.75 bits per heavy atom. The van der Waals surface area contributed by atoms with Crippen molar-refractivity contribution in [2.45, 2.75) is 13.8 Å². The van der Waals surface area contributed by atoms with Crippen LogP contribution < -0.4 is 0 Å². The molecule has 1 nitrogen and oxygen atoms in total. The van der Waals surface area contributed by atoms with E-state index in [0.29, 0.717) is 10.9 Å². The normalized spacial score (nSPS) is 10.9. The lowest BCUT2D eigenvalue weighted by Crippen LogP contribution is -1.86. The number of hydrogen-bond acceptors (Lipinski definition) is 0. The minimum atomic E-state index is -0.114. The molecule has 0 aliphatic heterocycles. The quantitative estimate of drug-likeness (QED) is 0.614. The van der Waals surface area contributed by atoms with Gasteiger partial charge >= 0.3 is 0 Å². The van der Waals surface area contributed by atoms with Crippen LogP contribution in [0.1, 0.15) is 11.1 Å². The maximum Gasteiger partial charge on any atom is 0.135 e. The third-order valence-electron chi connectivity index (χ3n) is 2.16. The summed E-state index contributed by atoms with van der Waals surface area (Å²) in [4.78, 5) is 3.02. The Labute approximate surface area is 70.2 Å². The highest BCUT2D eigenvalue weighted by molar-refractivity contribution is 5.83. The molecule has 2 aromatic rings. The molecule has 0 unspecified atom stereocenters. The summed E-state index contributed by atoms with van der Waals surface area (Å²) in [7, 11) is 0. The third-order valence-corrected chi connectivity index (χ3v) is 2.16. The van der Waals surface area contributed by atoms with Gasteiger partial charge in [0.1, 0.15) is 5.82 Å². The van der Waals surface area contributed by atoms with Crippen LogP contribution in [0.25, 0.3) is 10.9 Å². The van der Waals surface area contributed by atoms with Gasteiger partial charge in [-0.1, -0.05) is 6.07 Å². The van der Waals surface area contributed by atoms with E-state index in [0.717, 1.165) is 11.1 Å². The number of benzene rings is 1. The first-order valence-electron chi connectivity index (χ1n) is 3.93. The fourth-order valence-electron chi connectivity index (χ4n) is 1.55. The molecule has 1 aromatic carbocycles. The van der Waals surface area contributed by atoms with Gasteiger partial charge in [0.05, 0.1) is 5.52 Å². The number of rotatable bonds is 0. The van der Waals surface area contributed by atoms with Crippen LogP contribution in [0.15, 0.2) is 18.3 Å². The summed E-state index contributed by atoms with van der Waals surface area (Å²) >= 11 is 0. The highest BCUT2D eigenvalue weighted by atomic mass is 19.1. The van der Waals surface area contributed by atoms with Crippen LogP contribution in [0.5, 0.6) is 0 Å². The van der Waals surface area contributed by atoms with Crippen LogP contribution in [-0.2, 0) is 0 Å². The van der Waals surface area contributed by atoms with Crippen molar-refractivity contribution in [2.75, 3.05) is 0 Å². The summed E-state index contributed by atoms with van der Waals surface area (Å²) in [5, 5.41) is 0.688. The molecule has 62 valence electrons. The van der Waals surface area contributed by atoms with Crippen molar-refractivity contribution < 1.29 is 4.39 Å². The Hall–Kier alpha value is -1.31. The number of aromatic amines is 1. The van der Waals surface area contributed by atoms with Gasteiger partial charge in [0, 0.05) is 11.6 Å². The summed E-state index contributed by atoms with van der Waals surface area (Å²) in [6.07, 6.45) is 1.76. The van der Waals surface area contributed by atoms with Gasteiger partial charge < -0.3 is 4.98 Å². The average molecular weight is 163 g/mol. The Morgan fingerprint density at radius 1 is 1.25 bits per heavy atom. The zero-order valence-corrected chi connectivity index (χ0v) is 7.11. The molecule has 0 atom stereocenters. The van der Waals surface area contributed by atoms with E-state index >= 15 is 0 Å². The molecular weight excluding hydrogens is 153 g/mol. The number of fused-ring (bicyclic) bond motifs is 1. The molecule has 0 radical (unpaired) electrons. The Kier molecular flexibility index (Phi) is 1.43. The Bertz CT molecular complexity index is 429. The number of aromatic nitrogens is 1. The molecule has 1 N–H and O–H groups in total. The van der Waals surface area contributed by atoms with E-state index in [1.165, 1.54) is 0 Å². The van der Waals surface area contributed by atoms with Crippen LogP contribution in [0.2, 0.25) is 0 Å². The number of hydrogen-bond donors (Lipinski definition) is 1. The molecule has 12 heavy (non-hydrogen) atoms. The maximum atomic E-state index is 13.4. The van der Waals surface area contributed by atoms with Crippen molar-refractivity contribution in [3.63, 3.8) is 0 Å². The van der Waals surface area contributed by atoms with Gasteiger partial charge in [-0.3, -0.25) is 0 Å². The summed E-state index contributed by atoms with van der Waals surface area (Å²) in [6.45, 7) is 3.76. The van der Waals surface area contributed by atoms with Crippen molar-refractivity contribution in [2.24, 2.45) is 0 Å². The van der Waals surface area contributed by atoms with E-state index in [9.17, 15) is 4.39 Å². The van der Waals surface area contributed by atoms with E-state index in [-0.39, 0.29) is 5.82 Å². The Morgan fingerprint density at radius 2 is 2.00 bits per heavy atom. The van der Waals surface area contributed by atoms with E-state index in [1.54, 1.807) is 19.2 Å². The second-order valence-corrected chi connectivity index (χ2v) is 3.09. The van der Waals surface area contributed by atoms with Crippen LogP contribution >= 0.6 is 0 Å². The smallest absolute Gasteiger partial charge is 0.135 e. The first-order valence-corrected chi connectivity index (χ1v) is 3.93. The predicted molar refractivity (Wildman–Crippen MR) is 47.7 cm³/mol. The van der Waals surface area contributed by atoms with Gasteiger partial charge in [-0.15, -0.1) is 0 Å². The lowest BCUT2D eigenvalue weighted by atomic mass is 10.1. The SMILES string of the molecule is Cc1cc(C)c2[nH]ccc2c1F. The van der Waals surface area contributed by atoms with Gasteiger partial charge in [0.2, 0.25) is 0 Å². The molecule has 1 aromatic heterocycles. The molecule has 0 spiro atoms. The molecule has 0 aliphatic carbocycles.